The van der Waals surface area contributed by atoms with E-state index in [1.807, 2.05) is 24.3 Å². The van der Waals surface area contributed by atoms with E-state index >= 15 is 0 Å². The quantitative estimate of drug-likeness (QED) is 0.519. The maximum absolute atomic E-state index is 5.40. The number of methoxy groups -OCH3 is 2. The van der Waals surface area contributed by atoms with E-state index in [4.69, 9.17) is 14.0 Å². The Hall–Kier alpha value is -2.90. The molecule has 1 aromatic carbocycles. The molecule has 1 aliphatic rings. The van der Waals surface area contributed by atoms with Gasteiger partial charge in [-0.2, -0.15) is 0 Å². The molecular weight excluding hydrogens is 370 g/mol. The van der Waals surface area contributed by atoms with Gasteiger partial charge in [0.05, 0.1) is 19.9 Å². The first-order chi connectivity index (χ1) is 14.1. The van der Waals surface area contributed by atoms with Crippen LogP contribution in [0.2, 0.25) is 0 Å². The van der Waals surface area contributed by atoms with Crippen LogP contribution < -0.4 is 25.0 Å². The Morgan fingerprint density at radius 3 is 2.59 bits per heavy atom. The van der Waals surface area contributed by atoms with Crippen molar-refractivity contribution in [3.63, 3.8) is 0 Å². The minimum Gasteiger partial charge on any atom is -0.497 e. The van der Waals surface area contributed by atoms with Gasteiger partial charge in [0.25, 0.3) is 0 Å². The van der Waals surface area contributed by atoms with Gasteiger partial charge in [-0.1, -0.05) is 12.1 Å². The summed E-state index contributed by atoms with van der Waals surface area (Å²) in [6.07, 6.45) is 1.88. The van der Waals surface area contributed by atoms with E-state index < -0.39 is 0 Å². The summed E-state index contributed by atoms with van der Waals surface area (Å²) in [6.45, 7) is 7.21. The summed E-state index contributed by atoms with van der Waals surface area (Å²) >= 11 is 0. The predicted octanol–water partition coefficient (Wildman–Crippen LogP) is 2.59. The summed E-state index contributed by atoms with van der Waals surface area (Å²) in [5.41, 5.74) is 2.05. The molecule has 8 nitrogen and oxygen atoms in total. The minimum atomic E-state index is 0.297. The van der Waals surface area contributed by atoms with Crippen molar-refractivity contribution in [3.05, 3.63) is 35.7 Å². The van der Waals surface area contributed by atoms with E-state index in [1.165, 1.54) is 0 Å². The molecule has 1 saturated heterocycles. The molecule has 2 aromatic rings. The molecule has 1 atom stereocenters. The van der Waals surface area contributed by atoms with Gasteiger partial charge in [-0.05, 0) is 19.8 Å². The van der Waals surface area contributed by atoms with Crippen molar-refractivity contribution >= 4 is 11.6 Å². The van der Waals surface area contributed by atoms with Crippen molar-refractivity contribution in [3.8, 4) is 11.5 Å². The molecule has 0 bridgehead atoms. The van der Waals surface area contributed by atoms with E-state index in [1.54, 1.807) is 14.2 Å². The average Bonchev–Trinajstić information content (AvgIpc) is 3.41. The van der Waals surface area contributed by atoms with Crippen LogP contribution in [0.3, 0.4) is 0 Å². The molecule has 0 aliphatic carbocycles. The number of benzene rings is 1. The lowest BCUT2D eigenvalue weighted by Crippen LogP contribution is -2.44. The van der Waals surface area contributed by atoms with Crippen LogP contribution in [-0.4, -0.2) is 51.0 Å². The second kappa shape index (κ2) is 10.0. The largest absolute Gasteiger partial charge is 0.497 e. The molecule has 0 spiro atoms. The van der Waals surface area contributed by atoms with E-state index in [9.17, 15) is 0 Å². The first-order valence-electron chi connectivity index (χ1n) is 10.1. The number of hydrogen-bond donors (Lipinski definition) is 2. The second-order valence-electron chi connectivity index (χ2n) is 6.98. The number of ether oxygens (including phenoxy) is 2. The second-order valence-corrected chi connectivity index (χ2v) is 6.98. The van der Waals surface area contributed by atoms with Crippen LogP contribution in [0.5, 0.6) is 11.5 Å². The zero-order chi connectivity index (χ0) is 20.6. The summed E-state index contributed by atoms with van der Waals surface area (Å²) in [4.78, 5) is 6.98. The fraction of sp³-hybridized carbons (Fsp3) is 0.524. The summed E-state index contributed by atoms with van der Waals surface area (Å²) in [7, 11) is 3.34. The van der Waals surface area contributed by atoms with Gasteiger partial charge in [-0.15, -0.1) is 0 Å². The molecule has 158 valence electrons. The molecule has 2 N–H and O–H groups in total. The SMILES string of the molecule is CCNC(=NCc1cc(CC)no1)NC1CCN(c2cc(OC)cc(OC)c2)C1. The molecule has 8 heteroatoms. The molecule has 0 saturated carbocycles. The van der Waals surface area contributed by atoms with Crippen molar-refractivity contribution in [2.45, 2.75) is 39.3 Å². The van der Waals surface area contributed by atoms with Crippen LogP contribution in [-0.2, 0) is 13.0 Å². The van der Waals surface area contributed by atoms with Gasteiger partial charge in [0.2, 0.25) is 0 Å². The van der Waals surface area contributed by atoms with E-state index in [2.05, 4.69) is 39.5 Å². The van der Waals surface area contributed by atoms with Gasteiger partial charge >= 0.3 is 0 Å². The standard InChI is InChI=1S/C21H31N5O3/c1-5-15-9-20(29-25-15)13-23-21(22-6-2)24-16-7-8-26(14-16)17-10-18(27-3)12-19(11-17)28-4/h9-12,16H,5-8,13-14H2,1-4H3,(H2,22,23,24). The summed E-state index contributed by atoms with van der Waals surface area (Å²) in [5, 5.41) is 10.9. The monoisotopic (exact) mass is 401 g/mol. The number of aliphatic imine (C=N–C) groups is 1. The third-order valence-corrected chi connectivity index (χ3v) is 4.94. The van der Waals surface area contributed by atoms with Gasteiger partial charge in [0.1, 0.15) is 18.0 Å². The smallest absolute Gasteiger partial charge is 0.191 e. The highest BCUT2D eigenvalue weighted by molar-refractivity contribution is 5.80. The molecule has 1 aromatic heterocycles. The van der Waals surface area contributed by atoms with Crippen LogP contribution in [0.25, 0.3) is 0 Å². The Morgan fingerprint density at radius 2 is 1.97 bits per heavy atom. The van der Waals surface area contributed by atoms with Crippen molar-refractivity contribution < 1.29 is 14.0 Å². The lowest BCUT2D eigenvalue weighted by molar-refractivity contribution is 0.379. The number of aryl methyl sites for hydroxylation is 1. The van der Waals surface area contributed by atoms with Gasteiger partial charge in [0.15, 0.2) is 11.7 Å². The zero-order valence-corrected chi connectivity index (χ0v) is 17.7. The van der Waals surface area contributed by atoms with Gasteiger partial charge in [-0.25, -0.2) is 4.99 Å². The molecule has 1 aliphatic heterocycles. The normalized spacial score (nSPS) is 16.8. The lowest BCUT2D eigenvalue weighted by atomic mass is 10.2. The maximum atomic E-state index is 5.40. The van der Waals surface area contributed by atoms with Gasteiger partial charge < -0.3 is 29.5 Å². The highest BCUT2D eigenvalue weighted by Crippen LogP contribution is 2.30. The van der Waals surface area contributed by atoms with Crippen LogP contribution in [0, 0.1) is 0 Å². The fourth-order valence-corrected chi connectivity index (χ4v) is 3.35. The molecule has 3 rings (SSSR count). The van der Waals surface area contributed by atoms with Gasteiger partial charge in [0, 0.05) is 55.6 Å². The van der Waals surface area contributed by atoms with Gasteiger partial charge in [-0.3, -0.25) is 0 Å². The molecule has 0 radical (unpaired) electrons. The minimum absolute atomic E-state index is 0.297. The first kappa shape index (κ1) is 20.8. The number of guanidine groups is 1. The first-order valence-corrected chi connectivity index (χ1v) is 10.1. The molecule has 1 fully saturated rings. The van der Waals surface area contributed by atoms with E-state index in [-0.39, 0.29) is 0 Å². The van der Waals surface area contributed by atoms with Crippen molar-refractivity contribution in [2.24, 2.45) is 4.99 Å². The molecule has 2 heterocycles. The number of rotatable bonds is 8. The highest BCUT2D eigenvalue weighted by atomic mass is 16.5. The Morgan fingerprint density at radius 1 is 1.21 bits per heavy atom. The van der Waals surface area contributed by atoms with Crippen molar-refractivity contribution in [1.82, 2.24) is 15.8 Å². The van der Waals surface area contributed by atoms with E-state index in [0.717, 1.165) is 67.1 Å². The number of nitrogens with zero attached hydrogens (tertiary/aromatic N) is 3. The molecule has 0 amide bonds. The summed E-state index contributed by atoms with van der Waals surface area (Å²) in [5.74, 6) is 3.15. The molecule has 1 unspecified atom stereocenters. The summed E-state index contributed by atoms with van der Waals surface area (Å²) < 4.78 is 16.1. The van der Waals surface area contributed by atoms with Crippen LogP contribution in [0.1, 0.15) is 31.7 Å². The number of anilines is 1. The van der Waals surface area contributed by atoms with Crippen molar-refractivity contribution in [2.75, 3.05) is 38.8 Å². The Labute approximate surface area is 172 Å². The van der Waals surface area contributed by atoms with Crippen LogP contribution in [0.15, 0.2) is 33.8 Å². The van der Waals surface area contributed by atoms with Crippen LogP contribution >= 0.6 is 0 Å². The Balaban J connectivity index is 1.62. The molecular formula is C21H31N5O3. The Kier molecular flexibility index (Phi) is 7.21. The van der Waals surface area contributed by atoms with Crippen molar-refractivity contribution in [1.29, 1.82) is 0 Å². The zero-order valence-electron chi connectivity index (χ0n) is 17.7. The average molecular weight is 402 g/mol. The summed E-state index contributed by atoms with van der Waals surface area (Å²) in [6, 6.07) is 8.23. The highest BCUT2D eigenvalue weighted by Gasteiger charge is 2.24. The third kappa shape index (κ3) is 5.56. The number of hydrogen-bond acceptors (Lipinski definition) is 6. The maximum Gasteiger partial charge on any atom is 0.191 e. The number of aromatic nitrogens is 1. The van der Waals surface area contributed by atoms with E-state index in [0.29, 0.717) is 12.6 Å². The topological polar surface area (TPSA) is 84.2 Å². The number of nitrogens with one attached hydrogen (secondary N) is 2. The third-order valence-electron chi connectivity index (χ3n) is 4.94. The Bertz CT molecular complexity index is 798. The lowest BCUT2D eigenvalue weighted by Gasteiger charge is -2.21. The van der Waals surface area contributed by atoms with Crippen LogP contribution in [0.4, 0.5) is 5.69 Å². The molecule has 29 heavy (non-hydrogen) atoms. The fourth-order valence-electron chi connectivity index (χ4n) is 3.35. The predicted molar refractivity (Wildman–Crippen MR) is 114 cm³/mol.